The first-order valence-corrected chi connectivity index (χ1v) is 7.06. The summed E-state index contributed by atoms with van der Waals surface area (Å²) in [5, 5.41) is 2.87. The first kappa shape index (κ1) is 13.5. The van der Waals surface area contributed by atoms with Gasteiger partial charge in [0, 0.05) is 31.7 Å². The van der Waals surface area contributed by atoms with Crippen molar-refractivity contribution in [2.45, 2.75) is 12.8 Å². The molecule has 2 aromatic heterocycles. The number of nitrogens with zero attached hydrogens (tertiary/aromatic N) is 4. The number of rotatable bonds is 3. The highest BCUT2D eigenvalue weighted by molar-refractivity contribution is 5.92. The molecular formula is C15H17N5O. The summed E-state index contributed by atoms with van der Waals surface area (Å²) in [5.74, 6) is 1.39. The molecule has 2 aromatic rings. The number of aromatic nitrogens is 3. The Kier molecular flexibility index (Phi) is 4.04. The maximum atomic E-state index is 12.3. The lowest BCUT2D eigenvalue weighted by Crippen LogP contribution is -2.41. The Labute approximate surface area is 123 Å². The van der Waals surface area contributed by atoms with Crippen molar-refractivity contribution in [3.63, 3.8) is 0 Å². The van der Waals surface area contributed by atoms with Crippen LogP contribution in [0, 0.1) is 5.92 Å². The van der Waals surface area contributed by atoms with Gasteiger partial charge >= 0.3 is 0 Å². The van der Waals surface area contributed by atoms with Gasteiger partial charge in [0.25, 0.3) is 0 Å². The van der Waals surface area contributed by atoms with Crippen LogP contribution in [0.1, 0.15) is 12.8 Å². The maximum Gasteiger partial charge on any atom is 0.230 e. The number of hydrogen-bond donors (Lipinski definition) is 1. The summed E-state index contributed by atoms with van der Waals surface area (Å²) in [6, 6.07) is 5.47. The van der Waals surface area contributed by atoms with Gasteiger partial charge in [-0.3, -0.25) is 9.78 Å². The van der Waals surface area contributed by atoms with Crippen LogP contribution in [0.15, 0.2) is 43.0 Å². The van der Waals surface area contributed by atoms with Gasteiger partial charge in [0.15, 0.2) is 0 Å². The molecule has 108 valence electrons. The zero-order chi connectivity index (χ0) is 14.5. The Balaban J connectivity index is 1.64. The highest BCUT2D eigenvalue weighted by Crippen LogP contribution is 2.21. The molecule has 1 aliphatic heterocycles. The molecule has 1 atom stereocenters. The van der Waals surface area contributed by atoms with Crippen molar-refractivity contribution < 1.29 is 4.79 Å². The van der Waals surface area contributed by atoms with Crippen LogP contribution in [0.4, 0.5) is 11.6 Å². The number of piperidine rings is 1. The number of hydrogen-bond acceptors (Lipinski definition) is 5. The summed E-state index contributed by atoms with van der Waals surface area (Å²) in [6.45, 7) is 1.57. The molecule has 1 N–H and O–H groups in total. The number of amides is 1. The molecule has 0 spiro atoms. The van der Waals surface area contributed by atoms with E-state index in [9.17, 15) is 4.79 Å². The van der Waals surface area contributed by atoms with Crippen molar-refractivity contribution in [3.8, 4) is 0 Å². The fourth-order valence-corrected chi connectivity index (χ4v) is 2.52. The number of anilines is 2. The van der Waals surface area contributed by atoms with E-state index in [-0.39, 0.29) is 11.8 Å². The van der Waals surface area contributed by atoms with Crippen molar-refractivity contribution in [1.82, 2.24) is 15.0 Å². The molecule has 0 aromatic carbocycles. The van der Waals surface area contributed by atoms with Gasteiger partial charge in [-0.05, 0) is 25.0 Å². The van der Waals surface area contributed by atoms with Crippen LogP contribution in [-0.2, 0) is 4.79 Å². The van der Waals surface area contributed by atoms with Gasteiger partial charge in [0.1, 0.15) is 11.6 Å². The number of pyridine rings is 1. The van der Waals surface area contributed by atoms with E-state index in [2.05, 4.69) is 25.2 Å². The van der Waals surface area contributed by atoms with Gasteiger partial charge in [0.05, 0.1) is 12.1 Å². The summed E-state index contributed by atoms with van der Waals surface area (Å²) in [7, 11) is 0. The molecule has 1 unspecified atom stereocenters. The monoisotopic (exact) mass is 283 g/mol. The quantitative estimate of drug-likeness (QED) is 0.928. The summed E-state index contributed by atoms with van der Waals surface area (Å²) in [5.41, 5.74) is 0. The fraction of sp³-hybridized carbons (Fsp3) is 0.333. The smallest absolute Gasteiger partial charge is 0.230 e. The lowest BCUT2D eigenvalue weighted by Gasteiger charge is -2.32. The highest BCUT2D eigenvalue weighted by Gasteiger charge is 2.26. The third-order valence-corrected chi connectivity index (χ3v) is 3.58. The molecule has 1 amide bonds. The average molecular weight is 283 g/mol. The predicted octanol–water partition coefficient (Wildman–Crippen LogP) is 1.73. The first-order valence-electron chi connectivity index (χ1n) is 7.06. The molecule has 3 heterocycles. The molecule has 1 fully saturated rings. The van der Waals surface area contributed by atoms with Gasteiger partial charge in [-0.15, -0.1) is 0 Å². The van der Waals surface area contributed by atoms with E-state index in [1.165, 1.54) is 0 Å². The van der Waals surface area contributed by atoms with Crippen molar-refractivity contribution in [1.29, 1.82) is 0 Å². The van der Waals surface area contributed by atoms with Crippen LogP contribution in [0.25, 0.3) is 0 Å². The summed E-state index contributed by atoms with van der Waals surface area (Å²) in [4.78, 5) is 26.9. The van der Waals surface area contributed by atoms with Gasteiger partial charge in [-0.25, -0.2) is 9.97 Å². The molecule has 21 heavy (non-hydrogen) atoms. The fourth-order valence-electron chi connectivity index (χ4n) is 2.52. The van der Waals surface area contributed by atoms with E-state index in [4.69, 9.17) is 0 Å². The molecule has 3 rings (SSSR count). The molecular weight excluding hydrogens is 266 g/mol. The third-order valence-electron chi connectivity index (χ3n) is 3.58. The SMILES string of the molecule is O=C(Nc1ccccn1)C1CCCN(c2cnccn2)C1. The Morgan fingerprint density at radius 3 is 2.95 bits per heavy atom. The second-order valence-electron chi connectivity index (χ2n) is 5.05. The Morgan fingerprint density at radius 1 is 1.24 bits per heavy atom. The topological polar surface area (TPSA) is 71.0 Å². The van der Waals surface area contributed by atoms with E-state index < -0.39 is 0 Å². The van der Waals surface area contributed by atoms with Gasteiger partial charge in [0.2, 0.25) is 5.91 Å². The molecule has 0 aliphatic carbocycles. The zero-order valence-corrected chi connectivity index (χ0v) is 11.6. The van der Waals surface area contributed by atoms with Crippen LogP contribution in [-0.4, -0.2) is 33.9 Å². The molecule has 0 saturated carbocycles. The second kappa shape index (κ2) is 6.30. The summed E-state index contributed by atoms with van der Waals surface area (Å²) < 4.78 is 0. The minimum Gasteiger partial charge on any atom is -0.355 e. The molecule has 0 radical (unpaired) electrons. The van der Waals surface area contributed by atoms with E-state index in [1.54, 1.807) is 30.9 Å². The minimum absolute atomic E-state index is 0.0160. The summed E-state index contributed by atoms with van der Waals surface area (Å²) in [6.07, 6.45) is 8.58. The predicted molar refractivity (Wildman–Crippen MR) is 79.8 cm³/mol. The maximum absolute atomic E-state index is 12.3. The molecule has 6 heteroatoms. The zero-order valence-electron chi connectivity index (χ0n) is 11.6. The van der Waals surface area contributed by atoms with Crippen LogP contribution in [0.5, 0.6) is 0 Å². The van der Waals surface area contributed by atoms with Crippen LogP contribution < -0.4 is 10.2 Å². The van der Waals surface area contributed by atoms with Gasteiger partial charge in [-0.2, -0.15) is 0 Å². The average Bonchev–Trinajstić information content (AvgIpc) is 2.57. The van der Waals surface area contributed by atoms with Crippen molar-refractivity contribution in [3.05, 3.63) is 43.0 Å². The number of carbonyl (C=O) groups excluding carboxylic acids is 1. The van der Waals surface area contributed by atoms with E-state index in [0.717, 1.165) is 25.2 Å². The Bertz CT molecular complexity index is 590. The normalized spacial score (nSPS) is 18.3. The van der Waals surface area contributed by atoms with Gasteiger partial charge in [-0.1, -0.05) is 6.07 Å². The largest absolute Gasteiger partial charge is 0.355 e. The van der Waals surface area contributed by atoms with Crippen LogP contribution >= 0.6 is 0 Å². The van der Waals surface area contributed by atoms with Crippen molar-refractivity contribution >= 4 is 17.5 Å². The lowest BCUT2D eigenvalue weighted by molar-refractivity contribution is -0.120. The Morgan fingerprint density at radius 2 is 2.19 bits per heavy atom. The third kappa shape index (κ3) is 3.34. The molecule has 6 nitrogen and oxygen atoms in total. The van der Waals surface area contributed by atoms with E-state index in [1.807, 2.05) is 12.1 Å². The van der Waals surface area contributed by atoms with Crippen LogP contribution in [0.3, 0.4) is 0 Å². The van der Waals surface area contributed by atoms with E-state index >= 15 is 0 Å². The Hall–Kier alpha value is -2.50. The summed E-state index contributed by atoms with van der Waals surface area (Å²) >= 11 is 0. The van der Waals surface area contributed by atoms with Crippen LogP contribution in [0.2, 0.25) is 0 Å². The molecule has 1 saturated heterocycles. The number of carbonyl (C=O) groups is 1. The van der Waals surface area contributed by atoms with Crippen molar-refractivity contribution in [2.24, 2.45) is 5.92 Å². The van der Waals surface area contributed by atoms with Gasteiger partial charge < -0.3 is 10.2 Å². The standard InChI is InChI=1S/C15H17N5O/c21-15(19-13-5-1-2-6-17-13)12-4-3-9-20(11-12)14-10-16-7-8-18-14/h1-2,5-8,10,12H,3-4,9,11H2,(H,17,19,21). The molecule has 1 aliphatic rings. The first-order chi connectivity index (χ1) is 10.3. The number of nitrogens with one attached hydrogen (secondary N) is 1. The molecule has 0 bridgehead atoms. The second-order valence-corrected chi connectivity index (χ2v) is 5.05. The highest BCUT2D eigenvalue weighted by atomic mass is 16.2. The minimum atomic E-state index is -0.0530. The van der Waals surface area contributed by atoms with Crippen molar-refractivity contribution in [2.75, 3.05) is 23.3 Å². The lowest BCUT2D eigenvalue weighted by atomic mass is 9.97. The van der Waals surface area contributed by atoms with E-state index in [0.29, 0.717) is 12.4 Å².